The minimum atomic E-state index is -2.80. The Labute approximate surface area is 387 Å². The first-order valence-corrected chi connectivity index (χ1v) is 25.6. The van der Waals surface area contributed by atoms with Crippen molar-refractivity contribution in [3.63, 3.8) is 0 Å². The van der Waals surface area contributed by atoms with Gasteiger partial charge in [0.25, 0.3) is 0 Å². The lowest BCUT2D eigenvalue weighted by molar-refractivity contribution is -0.170. The quantitative estimate of drug-likeness (QED) is 0.0319. The van der Waals surface area contributed by atoms with Crippen LogP contribution in [0.4, 0.5) is 0 Å². The molecule has 0 aliphatic rings. The first kappa shape index (κ1) is 59.8. The molecule has 0 aromatic heterocycles. The highest BCUT2D eigenvalue weighted by molar-refractivity contribution is 6.17. The van der Waals surface area contributed by atoms with Gasteiger partial charge in [0.1, 0.15) is 11.9 Å². The lowest BCUT2D eigenvalue weighted by atomic mass is 9.76. The molecular formula is C57H94O6. The second-order valence-electron chi connectivity index (χ2n) is 17.1. The zero-order chi connectivity index (χ0) is 46.3. The number of hydrogen-bond acceptors (Lipinski definition) is 6. The van der Waals surface area contributed by atoms with E-state index >= 15 is 0 Å². The van der Waals surface area contributed by atoms with Crippen LogP contribution in [-0.4, -0.2) is 51.0 Å². The van der Waals surface area contributed by atoms with Gasteiger partial charge in [0, 0.05) is 12.8 Å². The summed E-state index contributed by atoms with van der Waals surface area (Å²) < 4.78 is 0. The van der Waals surface area contributed by atoms with Crippen LogP contribution < -0.4 is 0 Å². The molecule has 0 aromatic carbocycles. The van der Waals surface area contributed by atoms with Gasteiger partial charge in [-0.3, -0.25) is 14.4 Å². The molecule has 0 fully saturated rings. The molecule has 3 unspecified atom stereocenters. The van der Waals surface area contributed by atoms with E-state index in [1.165, 1.54) is 19.3 Å². The van der Waals surface area contributed by atoms with Gasteiger partial charge in [0.05, 0.1) is 12.5 Å². The van der Waals surface area contributed by atoms with E-state index in [0.29, 0.717) is 19.3 Å². The summed E-state index contributed by atoms with van der Waals surface area (Å²) in [6.45, 7) is 5.54. The van der Waals surface area contributed by atoms with Crippen molar-refractivity contribution in [1.29, 1.82) is 0 Å². The topological polar surface area (TPSA) is 112 Å². The fraction of sp³-hybridized carbons (Fsp3) is 0.667. The second-order valence-corrected chi connectivity index (χ2v) is 17.1. The summed E-state index contributed by atoms with van der Waals surface area (Å²) in [7, 11) is 0. The molecule has 0 saturated heterocycles. The van der Waals surface area contributed by atoms with E-state index in [4.69, 9.17) is 0 Å². The van der Waals surface area contributed by atoms with E-state index < -0.39 is 35.8 Å². The number of ketones is 3. The van der Waals surface area contributed by atoms with Gasteiger partial charge in [0.2, 0.25) is 5.60 Å². The largest absolute Gasteiger partial charge is 0.394 e. The lowest BCUT2D eigenvalue weighted by Gasteiger charge is -2.32. The van der Waals surface area contributed by atoms with Crippen molar-refractivity contribution in [3.05, 3.63) is 97.2 Å². The zero-order valence-electron chi connectivity index (χ0n) is 40.6. The summed E-state index contributed by atoms with van der Waals surface area (Å²) >= 11 is 0. The SMILES string of the molecule is CC/C=C\C/C=C\C/C=C\CCCCCCCC(=O)C(O)(C(=O)C(CCCCCC/C=C\C/C=C\C/C=C\CC)C(=O)CCCCCCC/C=C\C/C=C\CCCCC)C(O)CO. The van der Waals surface area contributed by atoms with Gasteiger partial charge in [-0.15, -0.1) is 0 Å². The van der Waals surface area contributed by atoms with Gasteiger partial charge in [-0.2, -0.15) is 0 Å². The number of aliphatic hydroxyl groups is 3. The van der Waals surface area contributed by atoms with Crippen LogP contribution in [-0.2, 0) is 14.4 Å². The smallest absolute Gasteiger partial charge is 0.210 e. The van der Waals surface area contributed by atoms with Crippen molar-refractivity contribution < 1.29 is 29.7 Å². The van der Waals surface area contributed by atoms with Crippen LogP contribution in [0.5, 0.6) is 0 Å². The summed E-state index contributed by atoms with van der Waals surface area (Å²) in [6, 6.07) is 0. The Morgan fingerprint density at radius 1 is 0.444 bits per heavy atom. The average molecular weight is 875 g/mol. The Morgan fingerprint density at radius 2 is 0.794 bits per heavy atom. The molecule has 0 saturated carbocycles. The van der Waals surface area contributed by atoms with Gasteiger partial charge in [0.15, 0.2) is 11.6 Å². The fourth-order valence-corrected chi connectivity index (χ4v) is 7.49. The summed E-state index contributed by atoms with van der Waals surface area (Å²) in [5.41, 5.74) is -2.80. The molecule has 6 heteroatoms. The average Bonchev–Trinajstić information content (AvgIpc) is 3.29. The Kier molecular flexibility index (Phi) is 43.1. The van der Waals surface area contributed by atoms with Crippen LogP contribution in [0.1, 0.15) is 220 Å². The molecule has 63 heavy (non-hydrogen) atoms. The molecule has 0 bridgehead atoms. The molecule has 3 N–H and O–H groups in total. The first-order valence-electron chi connectivity index (χ1n) is 25.6. The van der Waals surface area contributed by atoms with Gasteiger partial charge in [-0.25, -0.2) is 0 Å². The van der Waals surface area contributed by atoms with Crippen molar-refractivity contribution >= 4 is 17.3 Å². The predicted molar refractivity (Wildman–Crippen MR) is 270 cm³/mol. The number of aliphatic hydroxyl groups excluding tert-OH is 2. The molecule has 3 atom stereocenters. The molecule has 0 aliphatic heterocycles. The highest BCUT2D eigenvalue weighted by Gasteiger charge is 2.52. The van der Waals surface area contributed by atoms with Gasteiger partial charge >= 0.3 is 0 Å². The maximum Gasteiger partial charge on any atom is 0.210 e. The highest BCUT2D eigenvalue weighted by Crippen LogP contribution is 2.28. The number of unbranched alkanes of at least 4 members (excludes halogenated alkanes) is 17. The molecule has 6 nitrogen and oxygen atoms in total. The maximum atomic E-state index is 14.1. The first-order chi connectivity index (χ1) is 30.8. The third-order valence-electron chi connectivity index (χ3n) is 11.5. The van der Waals surface area contributed by atoms with Gasteiger partial charge < -0.3 is 15.3 Å². The Balaban J connectivity index is 5.16. The van der Waals surface area contributed by atoms with Crippen LogP contribution in [0.3, 0.4) is 0 Å². The highest BCUT2D eigenvalue weighted by atomic mass is 16.4. The second kappa shape index (κ2) is 45.4. The summed E-state index contributed by atoms with van der Waals surface area (Å²) in [5.74, 6) is -3.21. The monoisotopic (exact) mass is 875 g/mol. The molecule has 0 rings (SSSR count). The van der Waals surface area contributed by atoms with E-state index in [1.54, 1.807) is 0 Å². The van der Waals surface area contributed by atoms with E-state index in [2.05, 4.69) is 118 Å². The number of rotatable bonds is 45. The lowest BCUT2D eigenvalue weighted by Crippen LogP contribution is -2.60. The molecule has 0 aliphatic carbocycles. The summed E-state index contributed by atoms with van der Waals surface area (Å²) in [6.07, 6.45) is 60.5. The number of Topliss-reactive ketones (excluding diaryl/α,β-unsaturated/α-hetero) is 3. The predicted octanol–water partition coefficient (Wildman–Crippen LogP) is 15.0. The van der Waals surface area contributed by atoms with E-state index in [1.807, 2.05) is 0 Å². The van der Waals surface area contributed by atoms with Crippen molar-refractivity contribution in [1.82, 2.24) is 0 Å². The molecule has 0 spiro atoms. The third-order valence-corrected chi connectivity index (χ3v) is 11.5. The number of allylic oxidation sites excluding steroid dienone is 16. The van der Waals surface area contributed by atoms with Crippen molar-refractivity contribution in [2.75, 3.05) is 6.61 Å². The van der Waals surface area contributed by atoms with Crippen LogP contribution in [0.15, 0.2) is 97.2 Å². The van der Waals surface area contributed by atoms with Crippen LogP contribution in [0, 0.1) is 5.92 Å². The van der Waals surface area contributed by atoms with Crippen LogP contribution >= 0.6 is 0 Å². The molecule has 0 heterocycles. The van der Waals surface area contributed by atoms with Crippen molar-refractivity contribution in [3.8, 4) is 0 Å². The van der Waals surface area contributed by atoms with Crippen LogP contribution in [0.25, 0.3) is 0 Å². The molecule has 358 valence electrons. The molecular weight excluding hydrogens is 781 g/mol. The molecule has 0 aromatic rings. The molecule has 0 radical (unpaired) electrons. The summed E-state index contributed by atoms with van der Waals surface area (Å²) in [4.78, 5) is 41.5. The zero-order valence-corrected chi connectivity index (χ0v) is 40.6. The summed E-state index contributed by atoms with van der Waals surface area (Å²) in [5, 5.41) is 32.4. The van der Waals surface area contributed by atoms with E-state index in [9.17, 15) is 29.7 Å². The standard InChI is InChI=1S/C57H94O6/c1-4-7-10-13-16-19-22-25-28-31-34-37-40-43-46-49-53(59)52(48-45-42-39-36-33-30-27-24-21-18-15-12-9-6-3)56(62)57(63,55(61)51-58)54(60)50-47-44-41-38-35-32-29-26-23-20-17-14-11-8-5-2/h8-9,11-12,16-21,25-30,52,55,58,61,63H,4-7,10,13-15,22-24,31-51H2,1-3H3/b11-8-,12-9-,19-16-,20-17-,21-18-,28-25-,29-26-,30-27-. The minimum absolute atomic E-state index is 0.0932. The normalized spacial score (nSPS) is 14.6. The Morgan fingerprint density at radius 3 is 1.21 bits per heavy atom. The Hall–Kier alpha value is -3.19. The number of carbonyl (C=O) groups excluding carboxylic acids is 3. The van der Waals surface area contributed by atoms with Gasteiger partial charge in [-0.1, -0.05) is 189 Å². The van der Waals surface area contributed by atoms with E-state index in [0.717, 1.165) is 141 Å². The third kappa shape index (κ3) is 33.9. The van der Waals surface area contributed by atoms with E-state index in [-0.39, 0.29) is 25.0 Å². The fourth-order valence-electron chi connectivity index (χ4n) is 7.49. The number of carbonyl (C=O) groups is 3. The minimum Gasteiger partial charge on any atom is -0.394 e. The van der Waals surface area contributed by atoms with Crippen molar-refractivity contribution in [2.45, 2.75) is 232 Å². The maximum absolute atomic E-state index is 14.1. The Bertz CT molecular complexity index is 1350. The van der Waals surface area contributed by atoms with Gasteiger partial charge in [-0.05, 0) is 116 Å². The van der Waals surface area contributed by atoms with Crippen molar-refractivity contribution in [2.24, 2.45) is 5.92 Å². The number of hydrogen-bond donors (Lipinski definition) is 3. The van der Waals surface area contributed by atoms with Crippen LogP contribution in [0.2, 0.25) is 0 Å². The molecule has 0 amide bonds.